The van der Waals surface area contributed by atoms with Gasteiger partial charge in [0.25, 0.3) is 11.7 Å². The number of fused-ring (bicyclic) bond motifs is 1. The van der Waals surface area contributed by atoms with Crippen LogP contribution >= 0.6 is 15.9 Å². The summed E-state index contributed by atoms with van der Waals surface area (Å²) in [5.74, 6) is 0.541. The number of ether oxygens (including phenoxy) is 1. The third-order valence-corrected chi connectivity index (χ3v) is 2.18. The number of carbonyl (C=O) groups is 1. The summed E-state index contributed by atoms with van der Waals surface area (Å²) in [6.07, 6.45) is 2.69. The number of carbonyl (C=O) groups excluding carboxylic acids is 1. The van der Waals surface area contributed by atoms with Gasteiger partial charge in [-0.3, -0.25) is 5.32 Å². The average Bonchev–Trinajstić information content (AvgIpc) is 2.55. The summed E-state index contributed by atoms with van der Waals surface area (Å²) < 4.78 is 7.31. The maximum absolute atomic E-state index is 11.5. The molecule has 0 aromatic carbocycles. The molecule has 0 atom stereocenters. The zero-order chi connectivity index (χ0) is 13.3. The van der Waals surface area contributed by atoms with E-state index in [-0.39, 0.29) is 5.95 Å². The maximum Gasteiger partial charge on any atom is 0.414 e. The minimum atomic E-state index is -0.600. The molecule has 0 aliphatic heterocycles. The van der Waals surface area contributed by atoms with Gasteiger partial charge in [-0.25, -0.2) is 14.3 Å². The maximum atomic E-state index is 11.5. The number of hydrogen-bond donors (Lipinski definition) is 1. The highest BCUT2D eigenvalue weighted by Gasteiger charge is 2.17. The van der Waals surface area contributed by atoms with E-state index in [1.165, 1.54) is 4.52 Å². The van der Waals surface area contributed by atoms with Crippen LogP contribution in [0.2, 0.25) is 0 Å². The van der Waals surface area contributed by atoms with Crippen LogP contribution in [0.15, 0.2) is 16.9 Å². The summed E-state index contributed by atoms with van der Waals surface area (Å²) in [4.78, 5) is 19.6. The molecule has 0 saturated heterocycles. The highest BCUT2D eigenvalue weighted by atomic mass is 79.9. The number of rotatable bonds is 1. The molecule has 2 rings (SSSR count). The quantitative estimate of drug-likeness (QED) is 0.873. The fraction of sp³-hybridized carbons (Fsp3) is 0.400. The molecule has 0 aliphatic rings. The smallest absolute Gasteiger partial charge is 0.414 e. The van der Waals surface area contributed by atoms with Crippen molar-refractivity contribution >= 4 is 33.7 Å². The topological polar surface area (TPSA) is 81.4 Å². The van der Waals surface area contributed by atoms with Gasteiger partial charge >= 0.3 is 6.09 Å². The summed E-state index contributed by atoms with van der Waals surface area (Å²) in [5, 5.41) is 6.49. The molecule has 0 bridgehead atoms. The Morgan fingerprint density at radius 3 is 2.89 bits per heavy atom. The van der Waals surface area contributed by atoms with Crippen molar-refractivity contribution in [3.63, 3.8) is 0 Å². The molecule has 1 amide bonds. The summed E-state index contributed by atoms with van der Waals surface area (Å²) in [6.45, 7) is 5.34. The Bertz CT molecular complexity index is 589. The van der Waals surface area contributed by atoms with E-state index in [1.807, 2.05) is 0 Å². The molecule has 18 heavy (non-hydrogen) atoms. The zero-order valence-electron chi connectivity index (χ0n) is 10.1. The molecular weight excluding hydrogens is 302 g/mol. The number of amides is 1. The Morgan fingerprint density at radius 2 is 2.22 bits per heavy atom. The van der Waals surface area contributed by atoms with Crippen LogP contribution < -0.4 is 5.32 Å². The lowest BCUT2D eigenvalue weighted by Gasteiger charge is -2.18. The lowest BCUT2D eigenvalue weighted by atomic mass is 10.2. The first-order valence-corrected chi connectivity index (χ1v) is 6.01. The molecule has 0 saturated carbocycles. The fourth-order valence-electron chi connectivity index (χ4n) is 1.21. The van der Waals surface area contributed by atoms with Gasteiger partial charge in [-0.1, -0.05) is 0 Å². The number of nitrogens with zero attached hydrogens (tertiary/aromatic N) is 4. The monoisotopic (exact) mass is 313 g/mol. The molecule has 96 valence electrons. The van der Waals surface area contributed by atoms with E-state index in [9.17, 15) is 4.79 Å². The lowest BCUT2D eigenvalue weighted by Crippen LogP contribution is -2.27. The Balaban J connectivity index is 2.15. The Kier molecular flexibility index (Phi) is 3.20. The molecule has 2 aromatic heterocycles. The molecule has 0 unspecified atom stereocenters. The second-order valence-electron chi connectivity index (χ2n) is 4.58. The van der Waals surface area contributed by atoms with Crippen molar-refractivity contribution in [3.8, 4) is 0 Å². The van der Waals surface area contributed by atoms with Gasteiger partial charge in [0.1, 0.15) is 5.60 Å². The number of nitrogens with one attached hydrogen (secondary N) is 1. The van der Waals surface area contributed by atoms with Crippen LogP contribution in [0.3, 0.4) is 0 Å². The van der Waals surface area contributed by atoms with Crippen LogP contribution in [0.25, 0.3) is 5.78 Å². The van der Waals surface area contributed by atoms with Crippen molar-refractivity contribution < 1.29 is 9.53 Å². The van der Waals surface area contributed by atoms with Crippen molar-refractivity contribution in [3.05, 3.63) is 16.9 Å². The van der Waals surface area contributed by atoms with E-state index in [0.717, 1.165) is 4.47 Å². The number of hydrogen-bond acceptors (Lipinski definition) is 5. The molecule has 7 nitrogen and oxygen atoms in total. The van der Waals surface area contributed by atoms with Gasteiger partial charge in [0.15, 0.2) is 0 Å². The van der Waals surface area contributed by atoms with Crippen LogP contribution in [0.1, 0.15) is 20.8 Å². The van der Waals surface area contributed by atoms with Crippen molar-refractivity contribution in [2.45, 2.75) is 26.4 Å². The first-order chi connectivity index (χ1) is 8.33. The first-order valence-electron chi connectivity index (χ1n) is 5.21. The molecule has 0 aliphatic carbocycles. The standard InChI is InChI=1S/C10H12BrN5O2/c1-10(2,3)18-9(17)14-7-13-8-12-4-6(11)5-16(8)15-7/h4-5H,1-3H3,(H,14,15,17). The molecule has 0 radical (unpaired) electrons. The van der Waals surface area contributed by atoms with Crippen LogP contribution in [-0.4, -0.2) is 31.3 Å². The van der Waals surface area contributed by atoms with Crippen molar-refractivity contribution in [2.75, 3.05) is 5.32 Å². The number of aromatic nitrogens is 4. The van der Waals surface area contributed by atoms with E-state index in [0.29, 0.717) is 5.78 Å². The van der Waals surface area contributed by atoms with Gasteiger partial charge < -0.3 is 4.74 Å². The van der Waals surface area contributed by atoms with Crippen LogP contribution in [0, 0.1) is 0 Å². The van der Waals surface area contributed by atoms with E-state index in [2.05, 4.69) is 36.3 Å². The third kappa shape index (κ3) is 3.16. The van der Waals surface area contributed by atoms with Crippen LogP contribution in [0.5, 0.6) is 0 Å². The second kappa shape index (κ2) is 4.52. The Hall–Kier alpha value is -1.70. The normalized spacial score (nSPS) is 11.6. The highest BCUT2D eigenvalue weighted by Crippen LogP contribution is 2.11. The number of halogens is 1. The fourth-order valence-corrected chi connectivity index (χ4v) is 1.50. The van der Waals surface area contributed by atoms with E-state index >= 15 is 0 Å². The Labute approximate surface area is 112 Å². The molecule has 2 heterocycles. The summed E-state index contributed by atoms with van der Waals surface area (Å²) in [7, 11) is 0. The summed E-state index contributed by atoms with van der Waals surface area (Å²) in [6, 6.07) is 0. The minimum Gasteiger partial charge on any atom is -0.444 e. The van der Waals surface area contributed by atoms with Gasteiger partial charge in [0.05, 0.1) is 4.47 Å². The zero-order valence-corrected chi connectivity index (χ0v) is 11.7. The molecule has 0 spiro atoms. The molecular formula is C10H12BrN5O2. The highest BCUT2D eigenvalue weighted by molar-refractivity contribution is 9.10. The van der Waals surface area contributed by atoms with E-state index in [1.54, 1.807) is 33.2 Å². The van der Waals surface area contributed by atoms with Gasteiger partial charge in [-0.05, 0) is 36.7 Å². The van der Waals surface area contributed by atoms with E-state index < -0.39 is 11.7 Å². The van der Waals surface area contributed by atoms with Crippen LogP contribution in [0.4, 0.5) is 10.7 Å². The van der Waals surface area contributed by atoms with Gasteiger partial charge in [0.2, 0.25) is 0 Å². The predicted molar refractivity (Wildman–Crippen MR) is 68.3 cm³/mol. The summed E-state index contributed by atoms with van der Waals surface area (Å²) >= 11 is 3.27. The molecule has 0 fully saturated rings. The first kappa shape index (κ1) is 12.7. The summed E-state index contributed by atoms with van der Waals surface area (Å²) in [5.41, 5.74) is -0.565. The second-order valence-corrected chi connectivity index (χ2v) is 5.49. The largest absolute Gasteiger partial charge is 0.444 e. The molecule has 1 N–H and O–H groups in total. The van der Waals surface area contributed by atoms with E-state index in [4.69, 9.17) is 4.74 Å². The SMILES string of the molecule is CC(C)(C)OC(=O)Nc1nc2ncc(Br)cn2n1. The van der Waals surface area contributed by atoms with Gasteiger partial charge in [0, 0.05) is 12.4 Å². The predicted octanol–water partition coefficient (Wildman–Crippen LogP) is 2.23. The number of anilines is 1. The Morgan fingerprint density at radius 1 is 1.50 bits per heavy atom. The third-order valence-electron chi connectivity index (χ3n) is 1.77. The van der Waals surface area contributed by atoms with Crippen molar-refractivity contribution in [1.29, 1.82) is 0 Å². The lowest BCUT2D eigenvalue weighted by molar-refractivity contribution is 0.0634. The van der Waals surface area contributed by atoms with Crippen molar-refractivity contribution in [2.24, 2.45) is 0 Å². The van der Waals surface area contributed by atoms with Gasteiger partial charge in [-0.15, -0.1) is 5.10 Å². The molecule has 8 heteroatoms. The van der Waals surface area contributed by atoms with Crippen LogP contribution in [-0.2, 0) is 4.74 Å². The molecule has 2 aromatic rings. The van der Waals surface area contributed by atoms with Gasteiger partial charge in [-0.2, -0.15) is 4.98 Å². The minimum absolute atomic E-state index is 0.148. The average molecular weight is 314 g/mol. The van der Waals surface area contributed by atoms with Crippen molar-refractivity contribution in [1.82, 2.24) is 19.6 Å².